The number of hydrogen-bond acceptors (Lipinski definition) is 3. The lowest BCUT2D eigenvalue weighted by Crippen LogP contribution is -2.60. The first-order valence-electron chi connectivity index (χ1n) is 7.04. The fraction of sp³-hybridized carbons (Fsp3) is 0.786. The molecule has 4 nitrogen and oxygen atoms in total. The highest BCUT2D eigenvalue weighted by atomic mass is 15.3. The molecule has 0 amide bonds. The van der Waals surface area contributed by atoms with Crippen LogP contribution in [0.5, 0.6) is 0 Å². The van der Waals surface area contributed by atoms with Crippen LogP contribution in [-0.4, -0.2) is 39.4 Å². The van der Waals surface area contributed by atoms with Crippen molar-refractivity contribution in [1.82, 2.24) is 20.0 Å². The first-order chi connectivity index (χ1) is 8.54. The molecule has 2 rings (SSSR count). The summed E-state index contributed by atoms with van der Waals surface area (Å²) in [5, 5.41) is 7.99. The largest absolute Gasteiger partial charge is 0.309 e. The zero-order chi connectivity index (χ0) is 13.2. The van der Waals surface area contributed by atoms with Gasteiger partial charge in [-0.3, -0.25) is 9.58 Å². The number of aryl methyl sites for hydroxylation is 1. The summed E-state index contributed by atoms with van der Waals surface area (Å²) in [4.78, 5) is 2.59. The van der Waals surface area contributed by atoms with Crippen molar-refractivity contribution in [3.05, 3.63) is 18.0 Å². The van der Waals surface area contributed by atoms with Crippen LogP contribution in [0.1, 0.15) is 39.7 Å². The minimum Gasteiger partial charge on any atom is -0.309 e. The van der Waals surface area contributed by atoms with E-state index < -0.39 is 0 Å². The van der Waals surface area contributed by atoms with E-state index in [9.17, 15) is 0 Å². The van der Waals surface area contributed by atoms with Crippen LogP contribution in [0, 0.1) is 0 Å². The maximum absolute atomic E-state index is 4.36. The Balaban J connectivity index is 2.04. The van der Waals surface area contributed by atoms with Crippen LogP contribution in [0.2, 0.25) is 0 Å². The van der Waals surface area contributed by atoms with Crippen LogP contribution >= 0.6 is 0 Å². The Morgan fingerprint density at radius 2 is 2.22 bits per heavy atom. The highest BCUT2D eigenvalue weighted by molar-refractivity contribution is 5.05. The third kappa shape index (κ3) is 3.12. The van der Waals surface area contributed by atoms with Gasteiger partial charge in [-0.2, -0.15) is 5.10 Å². The molecular weight excluding hydrogens is 224 g/mol. The maximum Gasteiger partial charge on any atom is 0.0534 e. The number of hydrogen-bond donors (Lipinski definition) is 1. The number of nitrogens with zero attached hydrogens (tertiary/aromatic N) is 3. The van der Waals surface area contributed by atoms with Gasteiger partial charge in [0, 0.05) is 49.5 Å². The molecule has 1 N–H and O–H groups in total. The Hall–Kier alpha value is -0.870. The van der Waals surface area contributed by atoms with Gasteiger partial charge in [0.1, 0.15) is 0 Å². The molecule has 1 aliphatic heterocycles. The van der Waals surface area contributed by atoms with Crippen molar-refractivity contribution in [2.45, 2.75) is 58.8 Å². The van der Waals surface area contributed by atoms with Crippen molar-refractivity contribution in [2.24, 2.45) is 0 Å². The molecule has 1 aliphatic rings. The van der Waals surface area contributed by atoms with Crippen molar-refractivity contribution < 1.29 is 0 Å². The average Bonchev–Trinajstić information content (AvgIpc) is 2.76. The zero-order valence-corrected chi connectivity index (χ0v) is 12.1. The lowest BCUT2D eigenvalue weighted by Gasteiger charge is -2.44. The van der Waals surface area contributed by atoms with Gasteiger partial charge in [-0.1, -0.05) is 6.92 Å². The predicted molar refractivity (Wildman–Crippen MR) is 74.5 cm³/mol. The topological polar surface area (TPSA) is 33.1 Å². The van der Waals surface area contributed by atoms with Crippen LogP contribution in [0.15, 0.2) is 12.4 Å². The van der Waals surface area contributed by atoms with Crippen molar-refractivity contribution >= 4 is 0 Å². The van der Waals surface area contributed by atoms with E-state index in [0.717, 1.165) is 26.2 Å². The van der Waals surface area contributed by atoms with Gasteiger partial charge in [0.05, 0.1) is 6.20 Å². The third-order valence-electron chi connectivity index (χ3n) is 3.80. The molecule has 18 heavy (non-hydrogen) atoms. The molecule has 0 saturated carbocycles. The van der Waals surface area contributed by atoms with Gasteiger partial charge in [0.15, 0.2) is 0 Å². The summed E-state index contributed by atoms with van der Waals surface area (Å²) in [6, 6.07) is 0.642. The summed E-state index contributed by atoms with van der Waals surface area (Å²) < 4.78 is 2.00. The zero-order valence-electron chi connectivity index (χ0n) is 12.1. The van der Waals surface area contributed by atoms with E-state index in [0.29, 0.717) is 6.04 Å². The summed E-state index contributed by atoms with van der Waals surface area (Å²) in [6.07, 6.45) is 5.37. The second-order valence-corrected chi connectivity index (χ2v) is 5.94. The standard InChI is InChI=1S/C14H26N4/c1-5-13-8-15-14(3,4)11-17(13)9-12-7-16-18(6-2)10-12/h7,10,13,15H,5-6,8-9,11H2,1-4H3. The molecule has 0 bridgehead atoms. The van der Waals surface area contributed by atoms with Gasteiger partial charge in [-0.05, 0) is 27.2 Å². The van der Waals surface area contributed by atoms with Crippen molar-refractivity contribution in [2.75, 3.05) is 13.1 Å². The smallest absolute Gasteiger partial charge is 0.0534 e. The van der Waals surface area contributed by atoms with Crippen molar-refractivity contribution in [1.29, 1.82) is 0 Å². The molecule has 1 aromatic heterocycles. The van der Waals surface area contributed by atoms with Crippen molar-refractivity contribution in [3.63, 3.8) is 0 Å². The molecular formula is C14H26N4. The summed E-state index contributed by atoms with van der Waals surface area (Å²) in [7, 11) is 0. The fourth-order valence-electron chi connectivity index (χ4n) is 2.70. The number of piperazine rings is 1. The first-order valence-corrected chi connectivity index (χ1v) is 7.04. The monoisotopic (exact) mass is 250 g/mol. The fourth-order valence-corrected chi connectivity index (χ4v) is 2.70. The first kappa shape index (κ1) is 13.6. The van der Waals surface area contributed by atoms with E-state index >= 15 is 0 Å². The molecule has 4 heteroatoms. The molecule has 1 atom stereocenters. The minimum atomic E-state index is 0.215. The number of rotatable bonds is 4. The molecule has 2 heterocycles. The molecule has 0 spiro atoms. The molecule has 1 aromatic rings. The van der Waals surface area contributed by atoms with E-state index in [1.807, 2.05) is 10.9 Å². The molecule has 0 radical (unpaired) electrons. The highest BCUT2D eigenvalue weighted by Gasteiger charge is 2.31. The van der Waals surface area contributed by atoms with E-state index in [-0.39, 0.29) is 5.54 Å². The van der Waals surface area contributed by atoms with Gasteiger partial charge >= 0.3 is 0 Å². The Kier molecular flexibility index (Phi) is 4.07. The molecule has 1 fully saturated rings. The maximum atomic E-state index is 4.36. The predicted octanol–water partition coefficient (Wildman–Crippen LogP) is 1.87. The van der Waals surface area contributed by atoms with E-state index in [2.05, 4.69) is 49.2 Å². The summed E-state index contributed by atoms with van der Waals surface area (Å²) in [5.41, 5.74) is 1.54. The van der Waals surface area contributed by atoms with Gasteiger partial charge in [0.25, 0.3) is 0 Å². The highest BCUT2D eigenvalue weighted by Crippen LogP contribution is 2.19. The van der Waals surface area contributed by atoms with E-state index in [1.54, 1.807) is 0 Å². The number of nitrogens with one attached hydrogen (secondary N) is 1. The van der Waals surface area contributed by atoms with Crippen LogP contribution in [0.4, 0.5) is 0 Å². The number of aromatic nitrogens is 2. The second-order valence-electron chi connectivity index (χ2n) is 5.94. The van der Waals surface area contributed by atoms with Crippen LogP contribution in [0.25, 0.3) is 0 Å². The Bertz CT molecular complexity index is 383. The normalized spacial score (nSPS) is 24.3. The molecule has 102 valence electrons. The van der Waals surface area contributed by atoms with Gasteiger partial charge in [-0.25, -0.2) is 0 Å². The SMILES string of the molecule is CCC1CNC(C)(C)CN1Cc1cnn(CC)c1. The van der Waals surface area contributed by atoms with Gasteiger partial charge < -0.3 is 5.32 Å². The van der Waals surface area contributed by atoms with Crippen LogP contribution in [0.3, 0.4) is 0 Å². The molecule has 1 unspecified atom stereocenters. The Morgan fingerprint density at radius 3 is 2.83 bits per heavy atom. The van der Waals surface area contributed by atoms with Gasteiger partial charge in [-0.15, -0.1) is 0 Å². The molecule has 0 aromatic carbocycles. The molecule has 0 aliphatic carbocycles. The quantitative estimate of drug-likeness (QED) is 0.885. The Morgan fingerprint density at radius 1 is 1.44 bits per heavy atom. The Labute approximate surface area is 110 Å². The molecule has 1 saturated heterocycles. The van der Waals surface area contributed by atoms with Crippen LogP contribution in [-0.2, 0) is 13.1 Å². The third-order valence-corrected chi connectivity index (χ3v) is 3.80. The summed E-state index contributed by atoms with van der Waals surface area (Å²) in [6.45, 7) is 13.1. The van der Waals surface area contributed by atoms with E-state index in [1.165, 1.54) is 12.0 Å². The summed E-state index contributed by atoms with van der Waals surface area (Å²) >= 11 is 0. The van der Waals surface area contributed by atoms with E-state index in [4.69, 9.17) is 0 Å². The lowest BCUT2D eigenvalue weighted by molar-refractivity contribution is 0.0858. The van der Waals surface area contributed by atoms with Gasteiger partial charge in [0.2, 0.25) is 0 Å². The lowest BCUT2D eigenvalue weighted by atomic mass is 9.97. The van der Waals surface area contributed by atoms with Crippen LogP contribution < -0.4 is 5.32 Å². The minimum absolute atomic E-state index is 0.215. The summed E-state index contributed by atoms with van der Waals surface area (Å²) in [5.74, 6) is 0. The second kappa shape index (κ2) is 5.41. The average molecular weight is 250 g/mol. The van der Waals surface area contributed by atoms with Crippen molar-refractivity contribution in [3.8, 4) is 0 Å².